The Labute approximate surface area is 151 Å². The Balaban J connectivity index is 1.70. The first-order chi connectivity index (χ1) is 12.6. The van der Waals surface area contributed by atoms with Gasteiger partial charge in [-0.1, -0.05) is 36.4 Å². The summed E-state index contributed by atoms with van der Waals surface area (Å²) in [5, 5.41) is 4.00. The minimum absolute atomic E-state index is 0.141. The van der Waals surface area contributed by atoms with E-state index in [-0.39, 0.29) is 36.0 Å². The number of ether oxygens (including phenoxy) is 1. The lowest BCUT2D eigenvalue weighted by Crippen LogP contribution is -2.44. The molecule has 6 nitrogen and oxygen atoms in total. The number of nitrogens with zero attached hydrogens (tertiary/aromatic N) is 2. The molecule has 0 saturated heterocycles. The highest BCUT2D eigenvalue weighted by atomic mass is 16.5. The number of benzene rings is 1. The van der Waals surface area contributed by atoms with E-state index in [2.05, 4.69) is 5.16 Å². The van der Waals surface area contributed by atoms with Crippen LogP contribution in [-0.2, 0) is 11.4 Å². The van der Waals surface area contributed by atoms with Crippen LogP contribution in [0.5, 0.6) is 5.88 Å². The molecule has 3 atom stereocenters. The average molecular weight is 352 g/mol. The maximum Gasteiger partial charge on any atom is 0.265 e. The van der Waals surface area contributed by atoms with E-state index in [1.165, 1.54) is 6.08 Å². The molecular weight excluding hydrogens is 332 g/mol. The Kier molecular flexibility index (Phi) is 4.20. The molecule has 0 fully saturated rings. The largest absolute Gasteiger partial charge is 0.470 e. The monoisotopic (exact) mass is 352 g/mol. The van der Waals surface area contributed by atoms with Crippen LogP contribution < -0.4 is 4.74 Å². The first kappa shape index (κ1) is 16.7. The zero-order chi connectivity index (χ0) is 18.3. The number of hydrogen-bond acceptors (Lipinski definition) is 6. The number of aromatic nitrogens is 1. The highest BCUT2D eigenvalue weighted by Gasteiger charge is 2.50. The van der Waals surface area contributed by atoms with Gasteiger partial charge in [0.1, 0.15) is 12.2 Å². The fraction of sp³-hybridized carbons (Fsp3) is 0.350. The quantitative estimate of drug-likeness (QED) is 0.788. The van der Waals surface area contributed by atoms with Crippen molar-refractivity contribution < 1.29 is 18.8 Å². The van der Waals surface area contributed by atoms with E-state index in [1.807, 2.05) is 55.4 Å². The van der Waals surface area contributed by atoms with Crippen LogP contribution in [0.15, 0.2) is 47.0 Å². The second-order valence-electron chi connectivity index (χ2n) is 6.96. The molecule has 26 heavy (non-hydrogen) atoms. The van der Waals surface area contributed by atoms with E-state index in [9.17, 15) is 9.59 Å². The van der Waals surface area contributed by atoms with Crippen LogP contribution in [0.3, 0.4) is 0 Å². The third kappa shape index (κ3) is 2.66. The molecule has 0 bridgehead atoms. The summed E-state index contributed by atoms with van der Waals surface area (Å²) in [6.45, 7) is 0.279. The van der Waals surface area contributed by atoms with Crippen LogP contribution in [0, 0.1) is 11.8 Å². The van der Waals surface area contributed by atoms with Crippen LogP contribution in [0.25, 0.3) is 0 Å². The van der Waals surface area contributed by atoms with Crippen molar-refractivity contribution in [2.24, 2.45) is 11.8 Å². The van der Waals surface area contributed by atoms with Gasteiger partial charge < -0.3 is 9.26 Å². The van der Waals surface area contributed by atoms with Crippen LogP contribution >= 0.6 is 0 Å². The van der Waals surface area contributed by atoms with Gasteiger partial charge in [0.2, 0.25) is 0 Å². The summed E-state index contributed by atoms with van der Waals surface area (Å²) < 4.78 is 11.3. The summed E-state index contributed by atoms with van der Waals surface area (Å²) in [5.41, 5.74) is 1.27. The number of carbonyl (C=O) groups excluding carboxylic acids is 2. The van der Waals surface area contributed by atoms with Gasteiger partial charge in [-0.15, -0.1) is 0 Å². The van der Waals surface area contributed by atoms with E-state index in [0.717, 1.165) is 5.56 Å². The van der Waals surface area contributed by atoms with Crippen molar-refractivity contribution in [3.05, 3.63) is 59.4 Å². The normalized spacial score (nSPS) is 24.5. The van der Waals surface area contributed by atoms with Gasteiger partial charge >= 0.3 is 0 Å². The number of allylic oxidation sites excluding steroid dienone is 2. The van der Waals surface area contributed by atoms with Gasteiger partial charge in [0.25, 0.3) is 5.88 Å². The first-order valence-electron chi connectivity index (χ1n) is 8.65. The topological polar surface area (TPSA) is 72.6 Å². The highest BCUT2D eigenvalue weighted by Crippen LogP contribution is 2.47. The van der Waals surface area contributed by atoms with Crippen LogP contribution in [-0.4, -0.2) is 35.7 Å². The zero-order valence-corrected chi connectivity index (χ0v) is 14.7. The van der Waals surface area contributed by atoms with E-state index in [1.54, 1.807) is 0 Å². The summed E-state index contributed by atoms with van der Waals surface area (Å²) in [6, 6.07) is 9.44. The molecule has 2 aliphatic rings. The standard InChI is InChI=1S/C20H20N2O4/c1-22(2)17-13-9-6-10-14(23)15(13)18(24)16-19(17)26-21-20(16)25-11-12-7-4-3-5-8-12/h3-8,10,13,15,17H,9,11H2,1-2H3/t13-,15-,17+/m1/s1. The first-order valence-corrected chi connectivity index (χ1v) is 8.65. The number of fused-ring (bicyclic) bond motifs is 2. The molecule has 0 spiro atoms. The van der Waals surface area contributed by atoms with Crippen molar-refractivity contribution in [2.75, 3.05) is 14.1 Å². The van der Waals surface area contributed by atoms with Gasteiger partial charge in [-0.3, -0.25) is 14.5 Å². The second kappa shape index (κ2) is 6.53. The lowest BCUT2D eigenvalue weighted by atomic mass is 9.68. The summed E-state index contributed by atoms with van der Waals surface area (Å²) in [4.78, 5) is 27.5. The summed E-state index contributed by atoms with van der Waals surface area (Å²) >= 11 is 0. The molecule has 6 heteroatoms. The molecule has 0 amide bonds. The Hall–Kier alpha value is -2.73. The van der Waals surface area contributed by atoms with Crippen molar-refractivity contribution >= 4 is 11.6 Å². The predicted molar refractivity (Wildman–Crippen MR) is 93.8 cm³/mol. The van der Waals surface area contributed by atoms with Crippen LogP contribution in [0.2, 0.25) is 0 Å². The third-order valence-electron chi connectivity index (χ3n) is 5.09. The molecule has 0 unspecified atom stereocenters. The maximum absolute atomic E-state index is 13.1. The fourth-order valence-corrected chi connectivity index (χ4v) is 3.93. The van der Waals surface area contributed by atoms with Gasteiger partial charge in [0, 0.05) is 5.92 Å². The Morgan fingerprint density at radius 3 is 2.73 bits per heavy atom. The molecule has 0 aliphatic heterocycles. The smallest absolute Gasteiger partial charge is 0.265 e. The predicted octanol–water partition coefficient (Wildman–Crippen LogP) is 2.81. The number of rotatable bonds is 4. The van der Waals surface area contributed by atoms with E-state index in [0.29, 0.717) is 17.7 Å². The lowest BCUT2D eigenvalue weighted by Gasteiger charge is -2.38. The number of carbonyl (C=O) groups is 2. The molecule has 0 N–H and O–H groups in total. The van der Waals surface area contributed by atoms with Crippen molar-refractivity contribution in [3.8, 4) is 5.88 Å². The molecule has 2 aromatic rings. The number of ketones is 2. The summed E-state index contributed by atoms with van der Waals surface area (Å²) in [6.07, 6.45) is 4.00. The van der Waals surface area contributed by atoms with Crippen molar-refractivity contribution in [2.45, 2.75) is 19.1 Å². The minimum atomic E-state index is -0.696. The average Bonchev–Trinajstić information content (AvgIpc) is 3.04. The number of Topliss-reactive ketones (excluding diaryl/α,β-unsaturated/α-hetero) is 1. The molecular formula is C20H20N2O4. The lowest BCUT2D eigenvalue weighted by molar-refractivity contribution is -0.119. The van der Waals surface area contributed by atoms with Crippen molar-refractivity contribution in [1.29, 1.82) is 0 Å². The van der Waals surface area contributed by atoms with Gasteiger partial charge in [0.15, 0.2) is 17.3 Å². The minimum Gasteiger partial charge on any atom is -0.470 e. The summed E-state index contributed by atoms with van der Waals surface area (Å²) in [5.74, 6) is -0.578. The van der Waals surface area contributed by atoms with Gasteiger partial charge in [0.05, 0.1) is 12.0 Å². The summed E-state index contributed by atoms with van der Waals surface area (Å²) in [7, 11) is 3.83. The second-order valence-corrected chi connectivity index (χ2v) is 6.96. The molecule has 0 radical (unpaired) electrons. The Morgan fingerprint density at radius 2 is 2.00 bits per heavy atom. The molecule has 4 rings (SSSR count). The molecule has 0 saturated carbocycles. The Morgan fingerprint density at radius 1 is 1.23 bits per heavy atom. The van der Waals surface area contributed by atoms with Gasteiger partial charge in [-0.2, -0.15) is 0 Å². The van der Waals surface area contributed by atoms with Gasteiger partial charge in [-0.05, 0) is 37.3 Å². The SMILES string of the molecule is CN(C)[C@@H]1c2onc(OCc3ccccc3)c2C(=O)[C@H]2C(=O)C=CC[C@H]21. The van der Waals surface area contributed by atoms with E-state index in [4.69, 9.17) is 9.26 Å². The molecule has 134 valence electrons. The van der Waals surface area contributed by atoms with E-state index >= 15 is 0 Å². The molecule has 1 aromatic carbocycles. The Bertz CT molecular complexity index is 869. The molecule has 1 aromatic heterocycles. The zero-order valence-electron chi connectivity index (χ0n) is 14.7. The highest BCUT2D eigenvalue weighted by molar-refractivity contribution is 6.16. The fourth-order valence-electron chi connectivity index (χ4n) is 3.93. The molecule has 1 heterocycles. The van der Waals surface area contributed by atoms with Gasteiger partial charge in [-0.25, -0.2) is 0 Å². The number of hydrogen-bond donors (Lipinski definition) is 0. The van der Waals surface area contributed by atoms with Crippen LogP contribution in [0.4, 0.5) is 0 Å². The molecule has 2 aliphatic carbocycles. The van der Waals surface area contributed by atoms with Crippen molar-refractivity contribution in [3.63, 3.8) is 0 Å². The third-order valence-corrected chi connectivity index (χ3v) is 5.09. The van der Waals surface area contributed by atoms with E-state index < -0.39 is 5.92 Å². The van der Waals surface area contributed by atoms with Crippen molar-refractivity contribution in [1.82, 2.24) is 10.1 Å². The van der Waals surface area contributed by atoms with Crippen LogP contribution in [0.1, 0.15) is 34.1 Å². The maximum atomic E-state index is 13.1.